The highest BCUT2D eigenvalue weighted by Crippen LogP contribution is 2.32. The summed E-state index contributed by atoms with van der Waals surface area (Å²) in [6.45, 7) is 5.33. The third-order valence-electron chi connectivity index (χ3n) is 15.3. The summed E-state index contributed by atoms with van der Waals surface area (Å²) in [4.78, 5) is 102. The number of carbonyl (C=O) groups is 7. The van der Waals surface area contributed by atoms with Gasteiger partial charge in [-0.2, -0.15) is 0 Å². The van der Waals surface area contributed by atoms with Gasteiger partial charge < -0.3 is 82.0 Å². The molecule has 3 unspecified atom stereocenters. The van der Waals surface area contributed by atoms with Gasteiger partial charge >= 0.3 is 8.25 Å². The number of benzene rings is 4. The van der Waals surface area contributed by atoms with Crippen molar-refractivity contribution in [3.8, 4) is 33.8 Å². The van der Waals surface area contributed by atoms with Gasteiger partial charge in [0.05, 0.1) is 35.7 Å². The number of fused-ring (bicyclic) bond motifs is 2. The van der Waals surface area contributed by atoms with E-state index in [2.05, 4.69) is 38.2 Å². The molecule has 0 bridgehead atoms. The molecule has 4 aromatic rings. The summed E-state index contributed by atoms with van der Waals surface area (Å²) in [6, 6.07) is 14.2. The van der Waals surface area contributed by atoms with Gasteiger partial charge in [-0.05, 0) is 84.5 Å². The highest BCUT2D eigenvalue weighted by molar-refractivity contribution is 7.33. The number of ether oxygens (including phenoxy) is 1. The zero-order valence-corrected chi connectivity index (χ0v) is 48.3. The number of aliphatic hydroxyl groups is 8. The van der Waals surface area contributed by atoms with Crippen LogP contribution in [0.3, 0.4) is 0 Å². The van der Waals surface area contributed by atoms with Crippen LogP contribution in [0.15, 0.2) is 97.1 Å². The monoisotopic (exact) mass is 1220 g/mol. The summed E-state index contributed by atoms with van der Waals surface area (Å²) in [5.41, 5.74) is 3.22. The predicted octanol–water partition coefficient (Wildman–Crippen LogP) is -0.107. The number of unbranched alkanes of at least 4 members (excludes halogenated alkanes) is 2. The molecule has 7 rings (SSSR count). The number of hydrogen-bond donors (Lipinski definition) is 14. The fourth-order valence-electron chi connectivity index (χ4n) is 10.4. The Kier molecular flexibility index (Phi) is 22.8. The van der Waals surface area contributed by atoms with Gasteiger partial charge in [0.2, 0.25) is 35.4 Å². The summed E-state index contributed by atoms with van der Waals surface area (Å²) in [5, 5.41) is 110. The molecule has 3 aliphatic heterocycles. The van der Waals surface area contributed by atoms with Crippen LogP contribution in [0.2, 0.25) is 0 Å². The fourth-order valence-corrected chi connectivity index (χ4v) is 10.7. The van der Waals surface area contributed by atoms with E-state index < -0.39 is 167 Å². The minimum atomic E-state index is -3.03. The van der Waals surface area contributed by atoms with Crippen molar-refractivity contribution in [3.63, 3.8) is 0 Å². The standard InChI is InChI=1S/C58H72N7O20P/c1-5-6-7-24-83-39-20-16-35(17-21-39)33-10-8-32(9-11-33)34-12-14-37(15-13-34)51(73)59-41-26-43(69)54(76)63-56(78)47-48(70)29(2)27-65(47)58(80)45(31(4)67)61-55(77)46(50(72)49(71)36-18-22-40(23-19-36)84-86(82)85-81)62-53(75)42-25-38(68)28-64(42)57(79)44(30(3)66)60-52(41)74/h8-23,29-31,38,41-50,54,66-72,76H,5-7,24-28H2,1-4H3,(H5-,59,60,61,62,63,73,74,75,77,78,81)/p+1/t29-,30+,31+,38+,41?,42-,43+,44-,45-,46?,47-,48-,49-,50-,54+/m0/s1. The van der Waals surface area contributed by atoms with Crippen molar-refractivity contribution in [3.05, 3.63) is 108 Å². The topological polar surface area (TPSA) is 413 Å². The number of nitrogens with zero attached hydrogens (tertiary/aromatic N) is 2. The zero-order valence-electron chi connectivity index (χ0n) is 47.4. The molecular weight excluding hydrogens is 1150 g/mol. The van der Waals surface area contributed by atoms with E-state index >= 15 is 0 Å². The van der Waals surface area contributed by atoms with Gasteiger partial charge in [0.1, 0.15) is 60.3 Å². The first-order valence-corrected chi connectivity index (χ1v) is 29.1. The molecular formula is C58H73N7O20P+. The van der Waals surface area contributed by atoms with Crippen molar-refractivity contribution in [2.45, 2.75) is 145 Å². The molecule has 86 heavy (non-hydrogen) atoms. The number of amides is 7. The summed E-state index contributed by atoms with van der Waals surface area (Å²) in [7, 11) is -3.03. The van der Waals surface area contributed by atoms with Crippen LogP contribution in [0.25, 0.3) is 22.3 Å². The second-order valence-corrected chi connectivity index (χ2v) is 22.5. The Bertz CT molecular complexity index is 3030. The predicted molar refractivity (Wildman–Crippen MR) is 304 cm³/mol. The lowest BCUT2D eigenvalue weighted by Crippen LogP contribution is -2.64. The van der Waals surface area contributed by atoms with Gasteiger partial charge in [-0.25, -0.2) is 9.78 Å². The average Bonchev–Trinajstić information content (AvgIpc) is 2.12. The van der Waals surface area contributed by atoms with Crippen molar-refractivity contribution in [1.82, 2.24) is 36.4 Å². The first-order valence-electron chi connectivity index (χ1n) is 28.0. The Morgan fingerprint density at radius 1 is 0.651 bits per heavy atom. The molecule has 3 aliphatic rings. The quantitative estimate of drug-likeness (QED) is 0.0284. The largest absolute Gasteiger partial charge is 0.781 e. The first kappa shape index (κ1) is 66.0. The van der Waals surface area contributed by atoms with Gasteiger partial charge in [0, 0.05) is 42.0 Å². The first-order chi connectivity index (χ1) is 40.9. The summed E-state index contributed by atoms with van der Waals surface area (Å²) in [5.74, 6) is -8.87. The van der Waals surface area contributed by atoms with Crippen LogP contribution in [0, 0.1) is 5.92 Å². The van der Waals surface area contributed by atoms with E-state index in [1.807, 2.05) is 48.5 Å². The molecule has 0 aromatic heterocycles. The maximum atomic E-state index is 14.5. The maximum Gasteiger partial charge on any atom is 0.781 e. The van der Waals surface area contributed by atoms with Crippen LogP contribution >= 0.6 is 8.25 Å². The lowest BCUT2D eigenvalue weighted by molar-refractivity contribution is -0.148. The summed E-state index contributed by atoms with van der Waals surface area (Å²) < 4.78 is 25.9. The fraction of sp³-hybridized carbons (Fsp3) is 0.466. The highest BCUT2D eigenvalue weighted by Gasteiger charge is 2.50. The van der Waals surface area contributed by atoms with Gasteiger partial charge in [0.15, 0.2) is 12.0 Å². The Morgan fingerprint density at radius 2 is 1.17 bits per heavy atom. The van der Waals surface area contributed by atoms with Crippen LogP contribution in [0.4, 0.5) is 0 Å². The second-order valence-electron chi connectivity index (χ2n) is 21.7. The Hall–Kier alpha value is -7.53. The van der Waals surface area contributed by atoms with Gasteiger partial charge in [-0.3, -0.25) is 33.6 Å². The molecule has 16 atom stereocenters. The molecule has 464 valence electrons. The molecule has 0 aliphatic carbocycles. The average molecular weight is 1220 g/mol. The highest BCUT2D eigenvalue weighted by atomic mass is 31.1. The number of hydrogen-bond acceptors (Lipinski definition) is 20. The third kappa shape index (κ3) is 16.1. The molecule has 7 amide bonds. The van der Waals surface area contributed by atoms with E-state index in [1.165, 1.54) is 19.1 Å². The van der Waals surface area contributed by atoms with Crippen molar-refractivity contribution < 1.29 is 98.2 Å². The number of rotatable bonds is 17. The van der Waals surface area contributed by atoms with Crippen LogP contribution in [0.5, 0.6) is 11.5 Å². The second kappa shape index (κ2) is 29.7. The molecule has 0 spiro atoms. The van der Waals surface area contributed by atoms with E-state index in [4.69, 9.17) is 14.5 Å². The van der Waals surface area contributed by atoms with Crippen molar-refractivity contribution in [1.29, 1.82) is 0 Å². The Labute approximate surface area is 495 Å². The van der Waals surface area contributed by atoms with Crippen molar-refractivity contribution >= 4 is 49.6 Å². The normalized spacial score (nSPS) is 26.9. The molecule has 28 heteroatoms. The molecule has 0 radical (unpaired) electrons. The SMILES string of the molecule is CCCCCOc1ccc(-c2ccc(-c3ccc(C(=O)NC4C[C@@H](O)[C@@H](O)NC(=O)[C@@H]5[C@@H](O)[C@@H](C)CN5C(=O)[C@H]([C@@H](C)O)NC(=O)C([C@H](O)[C@@H](O)c5ccc(O[P+](=O)OO)cc5)NC(=O)[C@@H]5C[C@@H](O)CN5C(=O)[C@H]([C@@H](C)O)NC4=O)cc3)cc2)cc1. The van der Waals surface area contributed by atoms with Crippen LogP contribution in [-0.2, 0) is 38.0 Å². The zero-order chi connectivity index (χ0) is 62.7. The Morgan fingerprint density at radius 3 is 1.73 bits per heavy atom. The van der Waals surface area contributed by atoms with Crippen LogP contribution in [0.1, 0.15) is 81.8 Å². The molecule has 3 fully saturated rings. The van der Waals surface area contributed by atoms with E-state index in [-0.39, 0.29) is 16.9 Å². The maximum absolute atomic E-state index is 14.5. The Balaban J connectivity index is 1.18. The number of carbonyl (C=O) groups excluding carboxylic acids is 7. The molecule has 3 saturated heterocycles. The molecule has 3 heterocycles. The molecule has 14 N–H and O–H groups in total. The van der Waals surface area contributed by atoms with E-state index in [9.17, 15) is 79.0 Å². The van der Waals surface area contributed by atoms with Gasteiger partial charge in [0.25, 0.3) is 5.91 Å². The number of aliphatic hydroxyl groups excluding tert-OH is 8. The summed E-state index contributed by atoms with van der Waals surface area (Å²) in [6.07, 6.45) is -14.1. The number of nitrogens with one attached hydrogen (secondary N) is 5. The van der Waals surface area contributed by atoms with Gasteiger partial charge in [-0.15, -0.1) is 0 Å². The van der Waals surface area contributed by atoms with Crippen LogP contribution in [-0.4, -0.2) is 196 Å². The molecule has 4 aromatic carbocycles. The van der Waals surface area contributed by atoms with E-state index in [0.717, 1.165) is 89.6 Å². The minimum absolute atomic E-state index is 0.00567. The van der Waals surface area contributed by atoms with Crippen molar-refractivity contribution in [2.75, 3.05) is 19.7 Å². The van der Waals surface area contributed by atoms with Gasteiger partial charge in [-0.1, -0.05) is 87.4 Å². The summed E-state index contributed by atoms with van der Waals surface area (Å²) >= 11 is 0. The van der Waals surface area contributed by atoms with E-state index in [0.29, 0.717) is 12.2 Å². The lowest BCUT2D eigenvalue weighted by Gasteiger charge is -2.34. The lowest BCUT2D eigenvalue weighted by atomic mass is 9.96. The third-order valence-corrected chi connectivity index (χ3v) is 15.8. The van der Waals surface area contributed by atoms with E-state index in [1.54, 1.807) is 12.1 Å². The smallest absolute Gasteiger partial charge is 0.494 e. The molecule has 27 nitrogen and oxygen atoms in total. The molecule has 0 saturated carbocycles. The van der Waals surface area contributed by atoms with Crippen LogP contribution < -0.4 is 35.8 Å². The van der Waals surface area contributed by atoms with Crippen molar-refractivity contribution in [2.24, 2.45) is 5.92 Å². The minimum Gasteiger partial charge on any atom is -0.494 e.